The fraction of sp³-hybridized carbons (Fsp3) is 0.438. The second-order valence-corrected chi connectivity index (χ2v) is 5.95. The van der Waals surface area contributed by atoms with E-state index in [1.165, 1.54) is 16.1 Å². The molecule has 0 amide bonds. The van der Waals surface area contributed by atoms with Crippen molar-refractivity contribution < 1.29 is 0 Å². The van der Waals surface area contributed by atoms with Crippen LogP contribution in [0.5, 0.6) is 0 Å². The van der Waals surface area contributed by atoms with Crippen LogP contribution in [-0.2, 0) is 13.0 Å². The minimum Gasteiger partial charge on any atom is -0.319 e. The zero-order valence-electron chi connectivity index (χ0n) is 12.2. The Bertz CT molecular complexity index is 496. The summed E-state index contributed by atoms with van der Waals surface area (Å²) in [5, 5.41) is 10.0. The normalized spacial score (nSPS) is 12.5. The highest BCUT2D eigenvalue weighted by atomic mass is 32.1. The minimum absolute atomic E-state index is 0.472. The first-order valence-electron chi connectivity index (χ1n) is 7.12. The van der Waals surface area contributed by atoms with Gasteiger partial charge in [-0.2, -0.15) is 0 Å². The molecule has 1 aromatic heterocycles. The van der Waals surface area contributed by atoms with Crippen LogP contribution in [0, 0.1) is 0 Å². The second kappa shape index (κ2) is 8.15. The molecular formula is C16H23N3S. The zero-order valence-corrected chi connectivity index (χ0v) is 13.0. The van der Waals surface area contributed by atoms with Crippen LogP contribution in [0.25, 0.3) is 0 Å². The monoisotopic (exact) mass is 289 g/mol. The summed E-state index contributed by atoms with van der Waals surface area (Å²) in [6, 6.07) is 8.67. The van der Waals surface area contributed by atoms with Gasteiger partial charge in [0.15, 0.2) is 0 Å². The van der Waals surface area contributed by atoms with E-state index in [-0.39, 0.29) is 0 Å². The molecule has 108 valence electrons. The number of likely N-dealkylation sites (N-methyl/N-ethyl adjacent to an activating group) is 1. The maximum absolute atomic E-state index is 4.37. The Morgan fingerprint density at radius 2 is 2.05 bits per heavy atom. The fourth-order valence-corrected chi connectivity index (χ4v) is 2.92. The van der Waals surface area contributed by atoms with E-state index in [4.69, 9.17) is 0 Å². The molecule has 1 unspecified atom stereocenters. The molecule has 0 fully saturated rings. The average molecular weight is 289 g/mol. The molecule has 4 heteroatoms. The van der Waals surface area contributed by atoms with Crippen LogP contribution in [0.2, 0.25) is 0 Å². The molecule has 2 N–H and O–H groups in total. The number of rotatable bonds is 8. The Kier molecular flexibility index (Phi) is 6.18. The molecule has 0 spiro atoms. The number of nitrogens with one attached hydrogen (secondary N) is 2. The lowest BCUT2D eigenvalue weighted by molar-refractivity contribution is 0.609. The number of hydrogen-bond acceptors (Lipinski definition) is 4. The number of thiazole rings is 1. The van der Waals surface area contributed by atoms with Crippen molar-refractivity contribution in [3.63, 3.8) is 0 Å². The van der Waals surface area contributed by atoms with E-state index >= 15 is 0 Å². The van der Waals surface area contributed by atoms with Gasteiger partial charge in [-0.25, -0.2) is 4.98 Å². The Labute approximate surface area is 125 Å². The molecule has 0 aliphatic rings. The Hall–Kier alpha value is -1.23. The molecule has 3 nitrogen and oxygen atoms in total. The van der Waals surface area contributed by atoms with Gasteiger partial charge in [0.2, 0.25) is 0 Å². The van der Waals surface area contributed by atoms with Gasteiger partial charge in [-0.05, 0) is 31.1 Å². The van der Waals surface area contributed by atoms with Gasteiger partial charge in [0.05, 0.1) is 5.01 Å². The summed E-state index contributed by atoms with van der Waals surface area (Å²) < 4.78 is 0. The van der Waals surface area contributed by atoms with Crippen LogP contribution in [0.1, 0.15) is 29.0 Å². The zero-order chi connectivity index (χ0) is 14.2. The molecule has 2 aromatic rings. The largest absolute Gasteiger partial charge is 0.319 e. The van der Waals surface area contributed by atoms with E-state index in [0.717, 1.165) is 26.1 Å². The first-order chi connectivity index (χ1) is 9.81. The quantitative estimate of drug-likeness (QED) is 0.784. The van der Waals surface area contributed by atoms with E-state index in [1.807, 2.05) is 18.6 Å². The Morgan fingerprint density at radius 1 is 1.25 bits per heavy atom. The molecule has 0 saturated carbocycles. The Balaban J connectivity index is 1.84. The summed E-state index contributed by atoms with van der Waals surface area (Å²) in [6.07, 6.45) is 2.96. The highest BCUT2D eigenvalue weighted by Crippen LogP contribution is 2.17. The van der Waals surface area contributed by atoms with E-state index in [2.05, 4.69) is 46.8 Å². The summed E-state index contributed by atoms with van der Waals surface area (Å²) in [5.41, 5.74) is 2.82. The lowest BCUT2D eigenvalue weighted by Crippen LogP contribution is -2.21. The lowest BCUT2D eigenvalue weighted by atomic mass is 10.0. The first-order valence-corrected chi connectivity index (χ1v) is 8.00. The second-order valence-electron chi connectivity index (χ2n) is 5.02. The van der Waals surface area contributed by atoms with Crippen molar-refractivity contribution in [1.82, 2.24) is 15.6 Å². The van der Waals surface area contributed by atoms with Crippen molar-refractivity contribution in [2.24, 2.45) is 0 Å². The maximum Gasteiger partial charge on any atom is 0.0965 e. The highest BCUT2D eigenvalue weighted by molar-refractivity contribution is 7.09. The lowest BCUT2D eigenvalue weighted by Gasteiger charge is -2.13. The topological polar surface area (TPSA) is 37.0 Å². The average Bonchev–Trinajstić information content (AvgIpc) is 3.00. The van der Waals surface area contributed by atoms with Crippen LogP contribution in [0.15, 0.2) is 35.8 Å². The SMILES string of the molecule is CNCCc1ccccc1CNCC(C)c1nccs1. The minimum atomic E-state index is 0.472. The smallest absolute Gasteiger partial charge is 0.0965 e. The van der Waals surface area contributed by atoms with Crippen molar-refractivity contribution in [3.8, 4) is 0 Å². The van der Waals surface area contributed by atoms with Crippen LogP contribution >= 0.6 is 11.3 Å². The first kappa shape index (κ1) is 15.2. The summed E-state index contributed by atoms with van der Waals surface area (Å²) in [4.78, 5) is 4.37. The number of nitrogens with zero attached hydrogens (tertiary/aromatic N) is 1. The third-order valence-corrected chi connectivity index (χ3v) is 4.41. The van der Waals surface area contributed by atoms with Crippen molar-refractivity contribution in [1.29, 1.82) is 0 Å². The highest BCUT2D eigenvalue weighted by Gasteiger charge is 2.08. The van der Waals surface area contributed by atoms with Crippen molar-refractivity contribution in [2.75, 3.05) is 20.1 Å². The van der Waals surface area contributed by atoms with Gasteiger partial charge in [0, 0.05) is 30.6 Å². The number of hydrogen-bond donors (Lipinski definition) is 2. The van der Waals surface area contributed by atoms with Crippen LogP contribution in [-0.4, -0.2) is 25.1 Å². The van der Waals surface area contributed by atoms with E-state index in [1.54, 1.807) is 11.3 Å². The molecule has 1 aromatic carbocycles. The van der Waals surface area contributed by atoms with Crippen LogP contribution < -0.4 is 10.6 Å². The third kappa shape index (κ3) is 4.40. The van der Waals surface area contributed by atoms with Crippen LogP contribution in [0.4, 0.5) is 0 Å². The summed E-state index contributed by atoms with van der Waals surface area (Å²) in [6.45, 7) is 5.13. The number of aromatic nitrogens is 1. The molecule has 0 aliphatic carbocycles. The summed E-state index contributed by atoms with van der Waals surface area (Å²) in [7, 11) is 2.00. The molecule has 1 heterocycles. The standard InChI is InChI=1S/C16H23N3S/c1-13(16-19-9-10-20-16)11-18-12-15-6-4-3-5-14(15)7-8-17-2/h3-6,9-10,13,17-18H,7-8,11-12H2,1-2H3. The van der Waals surface area contributed by atoms with E-state index < -0.39 is 0 Å². The van der Waals surface area contributed by atoms with Crippen molar-refractivity contribution in [3.05, 3.63) is 52.0 Å². The van der Waals surface area contributed by atoms with Gasteiger partial charge in [-0.15, -0.1) is 11.3 Å². The van der Waals surface area contributed by atoms with Gasteiger partial charge >= 0.3 is 0 Å². The predicted molar refractivity (Wildman–Crippen MR) is 86.3 cm³/mol. The summed E-state index contributed by atoms with van der Waals surface area (Å²) >= 11 is 1.73. The van der Waals surface area contributed by atoms with Gasteiger partial charge in [0.25, 0.3) is 0 Å². The maximum atomic E-state index is 4.37. The number of benzene rings is 1. The molecular weight excluding hydrogens is 266 g/mol. The van der Waals surface area contributed by atoms with E-state index in [9.17, 15) is 0 Å². The Morgan fingerprint density at radius 3 is 2.75 bits per heavy atom. The molecule has 0 saturated heterocycles. The van der Waals surface area contributed by atoms with Gasteiger partial charge in [-0.1, -0.05) is 31.2 Å². The van der Waals surface area contributed by atoms with Gasteiger partial charge < -0.3 is 10.6 Å². The molecule has 1 atom stereocenters. The molecule has 20 heavy (non-hydrogen) atoms. The third-order valence-electron chi connectivity index (χ3n) is 3.40. The summed E-state index contributed by atoms with van der Waals surface area (Å²) in [5.74, 6) is 0.472. The van der Waals surface area contributed by atoms with E-state index in [0.29, 0.717) is 5.92 Å². The fourth-order valence-electron chi connectivity index (χ4n) is 2.22. The van der Waals surface area contributed by atoms with Gasteiger partial charge in [0.1, 0.15) is 0 Å². The molecule has 2 rings (SSSR count). The van der Waals surface area contributed by atoms with Crippen molar-refractivity contribution >= 4 is 11.3 Å². The van der Waals surface area contributed by atoms with Gasteiger partial charge in [-0.3, -0.25) is 0 Å². The molecule has 0 aliphatic heterocycles. The predicted octanol–water partition coefficient (Wildman–Crippen LogP) is 2.80. The molecule has 0 radical (unpaired) electrons. The van der Waals surface area contributed by atoms with Crippen LogP contribution in [0.3, 0.4) is 0 Å². The molecule has 0 bridgehead atoms. The van der Waals surface area contributed by atoms with Crippen molar-refractivity contribution in [2.45, 2.75) is 25.8 Å².